The largest absolute Gasteiger partial charge is 0.492 e. The minimum Gasteiger partial charge on any atom is -0.492 e. The van der Waals surface area contributed by atoms with Gasteiger partial charge in [-0.05, 0) is 37.8 Å². The zero-order valence-corrected chi connectivity index (χ0v) is 13.1. The molecular weight excluding hydrogens is 307 g/mol. The number of rotatable bonds is 4. The molecule has 1 saturated heterocycles. The van der Waals surface area contributed by atoms with Crippen LogP contribution < -0.4 is 4.74 Å². The minimum absolute atomic E-state index is 0.00178. The Hall–Kier alpha value is -0.150. The fourth-order valence-electron chi connectivity index (χ4n) is 2.22. The van der Waals surface area contributed by atoms with Gasteiger partial charge in [-0.3, -0.25) is 0 Å². The zero-order chi connectivity index (χ0) is 13.8. The van der Waals surface area contributed by atoms with Crippen LogP contribution in [0.15, 0.2) is 12.1 Å². The van der Waals surface area contributed by atoms with Crippen LogP contribution in [0, 0.1) is 0 Å². The molecule has 106 valence electrons. The standard InChI is InChI=1S/C14H17Cl3O2/c1-2-18-13-8-10(15)9(7-11(13)16)14(17)12-5-3-4-6-19-12/h7-8,12,14H,2-6H2,1H3. The number of halogens is 3. The van der Waals surface area contributed by atoms with Gasteiger partial charge in [-0.25, -0.2) is 0 Å². The molecular formula is C14H17Cl3O2. The predicted molar refractivity (Wildman–Crippen MR) is 79.8 cm³/mol. The Bertz CT molecular complexity index is 431. The van der Waals surface area contributed by atoms with Crippen molar-refractivity contribution < 1.29 is 9.47 Å². The summed E-state index contributed by atoms with van der Waals surface area (Å²) in [6.07, 6.45) is 3.19. The lowest BCUT2D eigenvalue weighted by Crippen LogP contribution is -2.23. The molecule has 0 saturated carbocycles. The molecule has 2 atom stereocenters. The first-order chi connectivity index (χ1) is 9.13. The molecule has 2 nitrogen and oxygen atoms in total. The van der Waals surface area contributed by atoms with Gasteiger partial charge in [0.2, 0.25) is 0 Å². The Morgan fingerprint density at radius 3 is 2.74 bits per heavy atom. The monoisotopic (exact) mass is 322 g/mol. The Morgan fingerprint density at radius 1 is 1.32 bits per heavy atom. The van der Waals surface area contributed by atoms with E-state index in [4.69, 9.17) is 44.3 Å². The van der Waals surface area contributed by atoms with Crippen molar-refractivity contribution in [3.63, 3.8) is 0 Å². The van der Waals surface area contributed by atoms with Crippen LogP contribution in [0.3, 0.4) is 0 Å². The van der Waals surface area contributed by atoms with E-state index in [-0.39, 0.29) is 11.5 Å². The lowest BCUT2D eigenvalue weighted by atomic mass is 10.0. The van der Waals surface area contributed by atoms with Gasteiger partial charge in [0.1, 0.15) is 5.75 Å². The average molecular weight is 324 g/mol. The highest BCUT2D eigenvalue weighted by Gasteiger charge is 2.26. The van der Waals surface area contributed by atoms with E-state index in [1.807, 2.05) is 6.92 Å². The van der Waals surface area contributed by atoms with E-state index >= 15 is 0 Å². The van der Waals surface area contributed by atoms with Gasteiger partial charge in [-0.15, -0.1) is 11.6 Å². The second-order valence-corrected chi connectivity index (χ2v) is 5.83. The van der Waals surface area contributed by atoms with E-state index < -0.39 is 0 Å². The predicted octanol–water partition coefficient (Wildman–Crippen LogP) is 5.24. The number of benzene rings is 1. The van der Waals surface area contributed by atoms with Crippen molar-refractivity contribution in [3.05, 3.63) is 27.7 Å². The van der Waals surface area contributed by atoms with Gasteiger partial charge in [0.05, 0.1) is 23.1 Å². The summed E-state index contributed by atoms with van der Waals surface area (Å²) >= 11 is 18.9. The van der Waals surface area contributed by atoms with E-state index in [9.17, 15) is 0 Å². The molecule has 0 radical (unpaired) electrons. The van der Waals surface area contributed by atoms with Crippen molar-refractivity contribution in [3.8, 4) is 5.75 Å². The van der Waals surface area contributed by atoms with Crippen LogP contribution in [-0.2, 0) is 4.74 Å². The van der Waals surface area contributed by atoms with Crippen LogP contribution in [0.25, 0.3) is 0 Å². The summed E-state index contributed by atoms with van der Waals surface area (Å²) in [4.78, 5) is 0. The van der Waals surface area contributed by atoms with Gasteiger partial charge < -0.3 is 9.47 Å². The number of alkyl halides is 1. The van der Waals surface area contributed by atoms with Crippen molar-refractivity contribution in [1.29, 1.82) is 0 Å². The molecule has 0 amide bonds. The van der Waals surface area contributed by atoms with Gasteiger partial charge in [-0.2, -0.15) is 0 Å². The van der Waals surface area contributed by atoms with Crippen molar-refractivity contribution in [2.75, 3.05) is 13.2 Å². The maximum atomic E-state index is 6.48. The molecule has 0 aromatic heterocycles. The Morgan fingerprint density at radius 2 is 2.11 bits per heavy atom. The van der Waals surface area contributed by atoms with Gasteiger partial charge >= 0.3 is 0 Å². The second kappa shape index (κ2) is 7.03. The van der Waals surface area contributed by atoms with Crippen LogP contribution in [0.1, 0.15) is 37.1 Å². The summed E-state index contributed by atoms with van der Waals surface area (Å²) in [6.45, 7) is 3.21. The molecule has 19 heavy (non-hydrogen) atoms. The maximum absolute atomic E-state index is 6.48. The molecule has 1 aliphatic rings. The molecule has 0 aliphatic carbocycles. The molecule has 0 spiro atoms. The summed E-state index contributed by atoms with van der Waals surface area (Å²) in [7, 11) is 0. The van der Waals surface area contributed by atoms with Crippen LogP contribution in [0.4, 0.5) is 0 Å². The van der Waals surface area contributed by atoms with E-state index in [2.05, 4.69) is 0 Å². The first kappa shape index (κ1) is 15.2. The topological polar surface area (TPSA) is 18.5 Å². The van der Waals surface area contributed by atoms with Gasteiger partial charge in [-0.1, -0.05) is 23.2 Å². The average Bonchev–Trinajstić information content (AvgIpc) is 2.43. The van der Waals surface area contributed by atoms with Crippen molar-refractivity contribution in [1.82, 2.24) is 0 Å². The van der Waals surface area contributed by atoms with Crippen molar-refractivity contribution in [2.45, 2.75) is 37.7 Å². The quantitative estimate of drug-likeness (QED) is 0.705. The molecule has 5 heteroatoms. The summed E-state index contributed by atoms with van der Waals surface area (Å²) in [5, 5.41) is 0.825. The molecule has 2 unspecified atom stereocenters. The molecule has 0 N–H and O–H groups in total. The maximum Gasteiger partial charge on any atom is 0.139 e. The lowest BCUT2D eigenvalue weighted by molar-refractivity contribution is 0.0136. The fourth-order valence-corrected chi connectivity index (χ4v) is 3.15. The zero-order valence-electron chi connectivity index (χ0n) is 10.8. The number of ether oxygens (including phenoxy) is 2. The smallest absolute Gasteiger partial charge is 0.139 e. The Labute approximate surface area is 128 Å². The number of hydrogen-bond donors (Lipinski definition) is 0. The van der Waals surface area contributed by atoms with Crippen LogP contribution in [-0.4, -0.2) is 19.3 Å². The van der Waals surface area contributed by atoms with Crippen LogP contribution in [0.2, 0.25) is 10.0 Å². The summed E-state index contributed by atoms with van der Waals surface area (Å²) in [5.74, 6) is 0.589. The molecule has 0 bridgehead atoms. The third-order valence-corrected chi connectivity index (χ3v) is 4.33. The summed E-state index contributed by atoms with van der Waals surface area (Å²) in [5.41, 5.74) is 0.809. The highest BCUT2D eigenvalue weighted by Crippen LogP contribution is 2.40. The Kier molecular flexibility index (Phi) is 5.64. The van der Waals surface area contributed by atoms with Crippen molar-refractivity contribution in [2.24, 2.45) is 0 Å². The SMILES string of the molecule is CCOc1cc(Cl)c(C(Cl)C2CCCCO2)cc1Cl. The van der Waals surface area contributed by atoms with Crippen LogP contribution >= 0.6 is 34.8 Å². The molecule has 1 aromatic rings. The van der Waals surface area contributed by atoms with Gasteiger partial charge in [0.15, 0.2) is 0 Å². The minimum atomic E-state index is -0.277. The molecule has 1 aliphatic heterocycles. The lowest BCUT2D eigenvalue weighted by Gasteiger charge is -2.27. The third kappa shape index (κ3) is 3.69. The highest BCUT2D eigenvalue weighted by atomic mass is 35.5. The first-order valence-corrected chi connectivity index (χ1v) is 7.70. The first-order valence-electron chi connectivity index (χ1n) is 6.51. The Balaban J connectivity index is 2.21. The molecule has 1 heterocycles. The van der Waals surface area contributed by atoms with Gasteiger partial charge in [0, 0.05) is 17.7 Å². The fraction of sp³-hybridized carbons (Fsp3) is 0.571. The summed E-state index contributed by atoms with van der Waals surface area (Å²) < 4.78 is 11.1. The third-order valence-electron chi connectivity index (χ3n) is 3.19. The van der Waals surface area contributed by atoms with Crippen molar-refractivity contribution >= 4 is 34.8 Å². The molecule has 1 aromatic carbocycles. The van der Waals surface area contributed by atoms with E-state index in [0.717, 1.165) is 31.4 Å². The van der Waals surface area contributed by atoms with E-state index in [0.29, 0.717) is 22.4 Å². The van der Waals surface area contributed by atoms with Gasteiger partial charge in [0.25, 0.3) is 0 Å². The molecule has 2 rings (SSSR count). The van der Waals surface area contributed by atoms with Crippen LogP contribution in [0.5, 0.6) is 5.75 Å². The number of hydrogen-bond acceptors (Lipinski definition) is 2. The van der Waals surface area contributed by atoms with E-state index in [1.54, 1.807) is 12.1 Å². The second-order valence-electron chi connectivity index (χ2n) is 4.54. The van der Waals surface area contributed by atoms with E-state index in [1.165, 1.54) is 0 Å². The molecule has 1 fully saturated rings. The summed E-state index contributed by atoms with van der Waals surface area (Å²) in [6, 6.07) is 3.51. The normalized spacial score (nSPS) is 21.2. The highest BCUT2D eigenvalue weighted by molar-refractivity contribution is 6.35.